The second kappa shape index (κ2) is 5.67. The molecule has 2 aliphatic rings. The number of hydrogen-bond donors (Lipinski definition) is 1. The number of ether oxygens (including phenoxy) is 2. The number of aliphatic hydroxyl groups is 1. The highest BCUT2D eigenvalue weighted by Gasteiger charge is 2.40. The van der Waals surface area contributed by atoms with E-state index in [9.17, 15) is 9.59 Å². The molecule has 1 N–H and O–H groups in total. The van der Waals surface area contributed by atoms with Crippen LogP contribution in [0.15, 0.2) is 23.8 Å². The van der Waals surface area contributed by atoms with Gasteiger partial charge in [-0.1, -0.05) is 12.7 Å². The lowest BCUT2D eigenvalue weighted by molar-refractivity contribution is -0.209. The summed E-state index contributed by atoms with van der Waals surface area (Å²) in [7, 11) is 0. The molecule has 1 fully saturated rings. The Labute approximate surface area is 111 Å². The van der Waals surface area contributed by atoms with Crippen molar-refractivity contribution in [3.05, 3.63) is 23.8 Å². The van der Waals surface area contributed by atoms with E-state index in [1.54, 1.807) is 13.0 Å². The number of esters is 1. The summed E-state index contributed by atoms with van der Waals surface area (Å²) < 4.78 is 10.7. The van der Waals surface area contributed by atoms with Gasteiger partial charge in [0.05, 0.1) is 6.61 Å². The van der Waals surface area contributed by atoms with Crippen LogP contribution >= 0.6 is 0 Å². The van der Waals surface area contributed by atoms with E-state index in [1.165, 1.54) is 0 Å². The van der Waals surface area contributed by atoms with E-state index in [0.717, 1.165) is 6.42 Å². The third kappa shape index (κ3) is 2.93. The minimum atomic E-state index is -0.701. The zero-order valence-electron chi connectivity index (χ0n) is 10.9. The van der Waals surface area contributed by atoms with Crippen LogP contribution in [0, 0.1) is 5.92 Å². The van der Waals surface area contributed by atoms with E-state index < -0.39 is 18.4 Å². The van der Waals surface area contributed by atoms with Gasteiger partial charge in [0.15, 0.2) is 5.78 Å². The first-order chi connectivity index (χ1) is 9.02. The molecule has 1 saturated heterocycles. The van der Waals surface area contributed by atoms with Crippen LogP contribution in [-0.2, 0) is 19.1 Å². The molecule has 3 atom stereocenters. The van der Waals surface area contributed by atoms with Gasteiger partial charge < -0.3 is 14.6 Å². The van der Waals surface area contributed by atoms with E-state index in [-0.39, 0.29) is 18.3 Å². The monoisotopic (exact) mass is 266 g/mol. The van der Waals surface area contributed by atoms with E-state index in [1.807, 2.05) is 0 Å². The summed E-state index contributed by atoms with van der Waals surface area (Å²) in [5.74, 6) is -0.595. The molecule has 0 radical (unpaired) electrons. The second-order valence-electron chi connectivity index (χ2n) is 5.00. The summed E-state index contributed by atoms with van der Waals surface area (Å²) in [6, 6.07) is 0. The lowest BCUT2D eigenvalue weighted by Crippen LogP contribution is -2.45. The number of allylic oxidation sites excluding steroid dienone is 1. The molecular weight excluding hydrogens is 248 g/mol. The number of ketones is 1. The molecule has 0 bridgehead atoms. The van der Waals surface area contributed by atoms with Crippen molar-refractivity contribution < 1.29 is 24.2 Å². The number of fused-ring (bicyclic) bond motifs is 1. The van der Waals surface area contributed by atoms with Crippen molar-refractivity contribution in [2.45, 2.75) is 38.6 Å². The Morgan fingerprint density at radius 3 is 2.95 bits per heavy atom. The van der Waals surface area contributed by atoms with Gasteiger partial charge in [-0.15, -0.1) is 0 Å². The fraction of sp³-hybridized carbons (Fsp3) is 0.571. The molecule has 1 aliphatic carbocycles. The van der Waals surface area contributed by atoms with Gasteiger partial charge in [0.25, 0.3) is 0 Å². The molecule has 0 spiro atoms. The second-order valence-corrected chi connectivity index (χ2v) is 5.00. The van der Waals surface area contributed by atoms with Crippen molar-refractivity contribution >= 4 is 11.8 Å². The number of carbonyl (C=O) groups excluding carboxylic acids is 2. The fourth-order valence-corrected chi connectivity index (χ4v) is 2.39. The molecule has 1 aliphatic heterocycles. The van der Waals surface area contributed by atoms with Gasteiger partial charge in [-0.25, -0.2) is 4.79 Å². The van der Waals surface area contributed by atoms with Crippen molar-refractivity contribution in [1.82, 2.24) is 0 Å². The number of aliphatic hydroxyl groups excluding tert-OH is 1. The fourth-order valence-electron chi connectivity index (χ4n) is 2.39. The molecule has 19 heavy (non-hydrogen) atoms. The zero-order valence-corrected chi connectivity index (χ0v) is 10.9. The van der Waals surface area contributed by atoms with Crippen LogP contribution in [0.2, 0.25) is 0 Å². The number of hydrogen-bond acceptors (Lipinski definition) is 5. The van der Waals surface area contributed by atoms with Gasteiger partial charge in [0.1, 0.15) is 6.10 Å². The van der Waals surface area contributed by atoms with Gasteiger partial charge in [-0.3, -0.25) is 4.79 Å². The van der Waals surface area contributed by atoms with Crippen LogP contribution in [0.3, 0.4) is 0 Å². The standard InChI is InChI=1S/C14H18O5/c1-8(2)14(17)19-11-6-5-9-3-4-10(7-15)12(16)13(9)18-11/h4,9,11,13,15H,1,3,5-7H2,2H3. The van der Waals surface area contributed by atoms with Crippen molar-refractivity contribution in [3.8, 4) is 0 Å². The van der Waals surface area contributed by atoms with Gasteiger partial charge >= 0.3 is 5.97 Å². The molecule has 0 saturated carbocycles. The van der Waals surface area contributed by atoms with Crippen molar-refractivity contribution in [3.63, 3.8) is 0 Å². The predicted octanol–water partition coefficient (Wildman–Crippen LogP) is 1.12. The average Bonchev–Trinajstić information content (AvgIpc) is 2.39. The maximum absolute atomic E-state index is 12.0. The largest absolute Gasteiger partial charge is 0.432 e. The number of carbonyl (C=O) groups is 2. The van der Waals surface area contributed by atoms with Crippen molar-refractivity contribution in [2.24, 2.45) is 5.92 Å². The molecule has 0 amide bonds. The van der Waals surface area contributed by atoms with Crippen LogP contribution in [0.1, 0.15) is 26.2 Å². The van der Waals surface area contributed by atoms with Gasteiger partial charge in [-0.05, 0) is 25.7 Å². The normalized spacial score (nSPS) is 30.3. The van der Waals surface area contributed by atoms with Crippen LogP contribution in [-0.4, -0.2) is 35.9 Å². The molecule has 5 heteroatoms. The Kier molecular flexibility index (Phi) is 4.17. The van der Waals surface area contributed by atoms with Crippen molar-refractivity contribution in [1.29, 1.82) is 0 Å². The molecule has 1 heterocycles. The Morgan fingerprint density at radius 2 is 2.32 bits per heavy atom. The van der Waals surface area contributed by atoms with Gasteiger partial charge in [0.2, 0.25) is 6.29 Å². The maximum Gasteiger partial charge on any atom is 0.335 e. The lowest BCUT2D eigenvalue weighted by Gasteiger charge is -2.37. The Hall–Kier alpha value is -1.46. The Balaban J connectivity index is 2.02. The van der Waals surface area contributed by atoms with Crippen LogP contribution < -0.4 is 0 Å². The van der Waals surface area contributed by atoms with E-state index >= 15 is 0 Å². The van der Waals surface area contributed by atoms with Gasteiger partial charge in [0, 0.05) is 17.6 Å². The Bertz CT molecular complexity index is 437. The van der Waals surface area contributed by atoms with Crippen molar-refractivity contribution in [2.75, 3.05) is 6.61 Å². The molecule has 0 aromatic carbocycles. The zero-order chi connectivity index (χ0) is 14.0. The quantitative estimate of drug-likeness (QED) is 0.612. The highest BCUT2D eigenvalue weighted by molar-refractivity contribution is 6.00. The lowest BCUT2D eigenvalue weighted by atomic mass is 9.81. The minimum Gasteiger partial charge on any atom is -0.432 e. The highest BCUT2D eigenvalue weighted by atomic mass is 16.7. The number of rotatable bonds is 3. The molecule has 2 rings (SSSR count). The van der Waals surface area contributed by atoms with E-state index in [2.05, 4.69) is 6.58 Å². The summed E-state index contributed by atoms with van der Waals surface area (Å²) in [5, 5.41) is 9.09. The van der Waals surface area contributed by atoms with E-state index in [0.29, 0.717) is 24.0 Å². The summed E-state index contributed by atoms with van der Waals surface area (Å²) in [6.45, 7) is 4.79. The Morgan fingerprint density at radius 1 is 1.58 bits per heavy atom. The van der Waals surface area contributed by atoms with Gasteiger partial charge in [-0.2, -0.15) is 0 Å². The average molecular weight is 266 g/mol. The molecule has 0 aromatic heterocycles. The van der Waals surface area contributed by atoms with E-state index in [4.69, 9.17) is 14.6 Å². The first kappa shape index (κ1) is 14.0. The van der Waals surface area contributed by atoms with Crippen LogP contribution in [0.5, 0.6) is 0 Å². The SMILES string of the molecule is C=C(C)C(=O)OC1CCC2CC=C(CO)C(=O)C2O1. The summed E-state index contributed by atoms with van der Waals surface area (Å²) >= 11 is 0. The molecular formula is C14H18O5. The third-order valence-electron chi connectivity index (χ3n) is 3.50. The topological polar surface area (TPSA) is 72.8 Å². The summed E-state index contributed by atoms with van der Waals surface area (Å²) in [4.78, 5) is 23.5. The summed E-state index contributed by atoms with van der Waals surface area (Å²) in [5.41, 5.74) is 0.685. The van der Waals surface area contributed by atoms with Crippen LogP contribution in [0.4, 0.5) is 0 Å². The molecule has 5 nitrogen and oxygen atoms in total. The predicted molar refractivity (Wildman–Crippen MR) is 67.1 cm³/mol. The maximum atomic E-state index is 12.0. The highest BCUT2D eigenvalue weighted by Crippen LogP contribution is 2.34. The number of Topliss-reactive ketones (excluding diaryl/α,β-unsaturated/α-hetero) is 1. The first-order valence-corrected chi connectivity index (χ1v) is 6.39. The third-order valence-corrected chi connectivity index (χ3v) is 3.50. The summed E-state index contributed by atoms with van der Waals surface area (Å²) in [6.07, 6.45) is 2.52. The molecule has 104 valence electrons. The molecule has 3 unspecified atom stereocenters. The smallest absolute Gasteiger partial charge is 0.335 e. The first-order valence-electron chi connectivity index (χ1n) is 6.39. The van der Waals surface area contributed by atoms with Crippen LogP contribution in [0.25, 0.3) is 0 Å². The molecule has 0 aromatic rings. The minimum absolute atomic E-state index is 0.114.